The average Bonchev–Trinajstić information content (AvgIpc) is 2.53. The molecule has 0 fully saturated rings. The van der Waals surface area contributed by atoms with Gasteiger partial charge in [-0.3, -0.25) is 14.3 Å². The molecule has 1 N–H and O–H groups in total. The van der Waals surface area contributed by atoms with Crippen LogP contribution in [0.3, 0.4) is 0 Å². The van der Waals surface area contributed by atoms with Crippen molar-refractivity contribution in [3.63, 3.8) is 0 Å². The van der Waals surface area contributed by atoms with Crippen molar-refractivity contribution < 1.29 is 9.90 Å². The van der Waals surface area contributed by atoms with Gasteiger partial charge in [-0.1, -0.05) is 32.9 Å². The van der Waals surface area contributed by atoms with E-state index in [1.165, 1.54) is 6.20 Å². The second kappa shape index (κ2) is 7.57. The van der Waals surface area contributed by atoms with E-state index in [4.69, 9.17) is 5.11 Å². The zero-order valence-electron chi connectivity index (χ0n) is 14.5. The third kappa shape index (κ3) is 4.64. The zero-order chi connectivity index (χ0) is 17.7. The number of nitrogens with zero attached hydrogens (tertiary/aromatic N) is 3. The fourth-order valence-electron chi connectivity index (χ4n) is 2.64. The Labute approximate surface area is 141 Å². The maximum absolute atomic E-state index is 12.7. The summed E-state index contributed by atoms with van der Waals surface area (Å²) in [5.41, 5.74) is 0.460. The molecular formula is C18H25N3O3. The highest BCUT2D eigenvalue weighted by Gasteiger charge is 2.21. The van der Waals surface area contributed by atoms with E-state index < -0.39 is 0 Å². The highest BCUT2D eigenvalue weighted by Crippen LogP contribution is 2.16. The normalized spacial score (nSPS) is 11.7. The van der Waals surface area contributed by atoms with Crippen LogP contribution in [0.25, 0.3) is 10.9 Å². The van der Waals surface area contributed by atoms with E-state index in [9.17, 15) is 9.59 Å². The first-order valence-electron chi connectivity index (χ1n) is 8.15. The Bertz CT molecular complexity index is 762. The van der Waals surface area contributed by atoms with Crippen molar-refractivity contribution in [2.24, 2.45) is 5.41 Å². The minimum atomic E-state index is -0.152. The first-order valence-corrected chi connectivity index (χ1v) is 8.15. The average molecular weight is 331 g/mol. The molecule has 1 amide bonds. The second-order valence-electron chi connectivity index (χ2n) is 7.14. The van der Waals surface area contributed by atoms with Gasteiger partial charge < -0.3 is 10.0 Å². The third-order valence-corrected chi connectivity index (χ3v) is 3.65. The van der Waals surface area contributed by atoms with E-state index in [2.05, 4.69) is 25.9 Å². The summed E-state index contributed by atoms with van der Waals surface area (Å²) in [7, 11) is 0. The molecule has 0 aliphatic heterocycles. The Morgan fingerprint density at radius 2 is 2.00 bits per heavy atom. The maximum atomic E-state index is 12.7. The van der Waals surface area contributed by atoms with Crippen molar-refractivity contribution in [1.82, 2.24) is 14.7 Å². The van der Waals surface area contributed by atoms with Crippen molar-refractivity contribution in [3.8, 4) is 0 Å². The largest absolute Gasteiger partial charge is 0.396 e. The molecule has 0 bridgehead atoms. The minimum absolute atomic E-state index is 0.0375. The van der Waals surface area contributed by atoms with Crippen molar-refractivity contribution in [1.29, 1.82) is 0 Å². The molecule has 1 aromatic carbocycles. The summed E-state index contributed by atoms with van der Waals surface area (Å²) >= 11 is 0. The Balaban J connectivity index is 2.26. The molecule has 1 aromatic heterocycles. The number of hydrogen-bond acceptors (Lipinski definition) is 4. The summed E-state index contributed by atoms with van der Waals surface area (Å²) in [4.78, 5) is 26.4. The number of aliphatic hydroxyl groups excluding tert-OH is 1. The lowest BCUT2D eigenvalue weighted by atomic mass is 9.96. The van der Waals surface area contributed by atoms with Crippen LogP contribution in [-0.2, 0) is 11.3 Å². The number of benzene rings is 1. The lowest BCUT2D eigenvalue weighted by molar-refractivity contribution is -0.133. The number of fused-ring (bicyclic) bond motifs is 1. The molecular weight excluding hydrogens is 306 g/mol. The van der Waals surface area contributed by atoms with E-state index in [1.54, 1.807) is 27.8 Å². The SMILES string of the molecule is CC(C)(C)CN(CCCO)C(=O)Cn1ncc(=O)c2ccccc21. The van der Waals surface area contributed by atoms with Gasteiger partial charge in [0, 0.05) is 25.1 Å². The second-order valence-corrected chi connectivity index (χ2v) is 7.14. The summed E-state index contributed by atoms with van der Waals surface area (Å²) in [6.45, 7) is 7.43. The number of aromatic nitrogens is 2. The molecule has 24 heavy (non-hydrogen) atoms. The van der Waals surface area contributed by atoms with Crippen LogP contribution >= 0.6 is 0 Å². The number of amides is 1. The lowest BCUT2D eigenvalue weighted by Crippen LogP contribution is -2.41. The standard InChI is InChI=1S/C18H25N3O3/c1-18(2,3)13-20(9-6-10-22)17(24)12-21-15-8-5-4-7-14(15)16(23)11-19-21/h4-5,7-8,11,22H,6,9-10,12-13H2,1-3H3. The van der Waals surface area contributed by atoms with Gasteiger partial charge in [0.1, 0.15) is 6.54 Å². The molecule has 130 valence electrons. The molecule has 2 rings (SSSR count). The molecule has 2 aromatic rings. The van der Waals surface area contributed by atoms with Gasteiger partial charge in [-0.15, -0.1) is 0 Å². The van der Waals surface area contributed by atoms with Gasteiger partial charge in [-0.2, -0.15) is 5.10 Å². The molecule has 0 saturated heterocycles. The minimum Gasteiger partial charge on any atom is -0.396 e. The Morgan fingerprint density at radius 1 is 1.29 bits per heavy atom. The summed E-state index contributed by atoms with van der Waals surface area (Å²) in [6, 6.07) is 7.14. The molecule has 0 unspecified atom stereocenters. The van der Waals surface area contributed by atoms with Crippen molar-refractivity contribution in [2.75, 3.05) is 19.7 Å². The van der Waals surface area contributed by atoms with Crippen LogP contribution < -0.4 is 5.43 Å². The third-order valence-electron chi connectivity index (χ3n) is 3.65. The smallest absolute Gasteiger partial charge is 0.244 e. The van der Waals surface area contributed by atoms with E-state index in [0.717, 1.165) is 0 Å². The van der Waals surface area contributed by atoms with Crippen LogP contribution in [0, 0.1) is 5.41 Å². The van der Waals surface area contributed by atoms with Crippen molar-refractivity contribution in [3.05, 3.63) is 40.7 Å². The number of para-hydroxylation sites is 1. The Hall–Kier alpha value is -2.21. The molecule has 1 heterocycles. The van der Waals surface area contributed by atoms with Crippen LogP contribution in [-0.4, -0.2) is 45.4 Å². The van der Waals surface area contributed by atoms with Gasteiger partial charge in [-0.25, -0.2) is 0 Å². The summed E-state index contributed by atoms with van der Waals surface area (Å²) in [6.07, 6.45) is 1.79. The first kappa shape index (κ1) is 18.1. The number of rotatable bonds is 6. The number of aliphatic hydroxyl groups is 1. The lowest BCUT2D eigenvalue weighted by Gasteiger charge is -2.30. The number of carbonyl (C=O) groups is 1. The van der Waals surface area contributed by atoms with Crippen LogP contribution in [0.5, 0.6) is 0 Å². The molecule has 0 aliphatic rings. The molecule has 6 heteroatoms. The predicted octanol–water partition coefficient (Wildman–Crippen LogP) is 1.65. The highest BCUT2D eigenvalue weighted by molar-refractivity contribution is 5.81. The van der Waals surface area contributed by atoms with Gasteiger partial charge in [0.2, 0.25) is 11.3 Å². The topological polar surface area (TPSA) is 75.4 Å². The first-order chi connectivity index (χ1) is 11.3. The van der Waals surface area contributed by atoms with Crippen LogP contribution in [0.4, 0.5) is 0 Å². The number of carbonyl (C=O) groups excluding carboxylic acids is 1. The highest BCUT2D eigenvalue weighted by atomic mass is 16.3. The Morgan fingerprint density at radius 3 is 2.67 bits per heavy atom. The van der Waals surface area contributed by atoms with Crippen molar-refractivity contribution >= 4 is 16.8 Å². The van der Waals surface area contributed by atoms with Crippen LogP contribution in [0.2, 0.25) is 0 Å². The quantitative estimate of drug-likeness (QED) is 0.873. The molecule has 0 saturated carbocycles. The van der Waals surface area contributed by atoms with E-state index >= 15 is 0 Å². The maximum Gasteiger partial charge on any atom is 0.244 e. The summed E-state index contributed by atoms with van der Waals surface area (Å²) in [5.74, 6) is -0.0697. The van der Waals surface area contributed by atoms with Gasteiger partial charge in [0.15, 0.2) is 0 Å². The molecule has 0 atom stereocenters. The molecule has 0 radical (unpaired) electrons. The Kier molecular flexibility index (Phi) is 5.72. The van der Waals surface area contributed by atoms with Gasteiger partial charge >= 0.3 is 0 Å². The van der Waals surface area contributed by atoms with Crippen LogP contribution in [0.15, 0.2) is 35.3 Å². The molecule has 6 nitrogen and oxygen atoms in total. The zero-order valence-corrected chi connectivity index (χ0v) is 14.5. The van der Waals surface area contributed by atoms with E-state index in [1.807, 2.05) is 6.07 Å². The van der Waals surface area contributed by atoms with E-state index in [0.29, 0.717) is 30.4 Å². The predicted molar refractivity (Wildman–Crippen MR) is 93.7 cm³/mol. The number of hydrogen-bond donors (Lipinski definition) is 1. The van der Waals surface area contributed by atoms with Gasteiger partial charge in [0.05, 0.1) is 11.7 Å². The fourth-order valence-corrected chi connectivity index (χ4v) is 2.64. The monoisotopic (exact) mass is 331 g/mol. The van der Waals surface area contributed by atoms with Gasteiger partial charge in [0.25, 0.3) is 0 Å². The van der Waals surface area contributed by atoms with Crippen LogP contribution in [0.1, 0.15) is 27.2 Å². The fraction of sp³-hybridized carbons (Fsp3) is 0.500. The van der Waals surface area contributed by atoms with Crippen molar-refractivity contribution in [2.45, 2.75) is 33.7 Å². The summed E-state index contributed by atoms with van der Waals surface area (Å²) < 4.78 is 1.56. The van der Waals surface area contributed by atoms with E-state index in [-0.39, 0.29) is 29.9 Å². The molecule has 0 spiro atoms. The molecule has 0 aliphatic carbocycles. The van der Waals surface area contributed by atoms with Gasteiger partial charge in [-0.05, 0) is 24.0 Å². The summed E-state index contributed by atoms with van der Waals surface area (Å²) in [5, 5.41) is 13.7.